The van der Waals surface area contributed by atoms with Gasteiger partial charge in [0.05, 0.1) is 6.07 Å². The van der Waals surface area contributed by atoms with Gasteiger partial charge in [-0.3, -0.25) is 4.79 Å². The number of hydrogen-bond acceptors (Lipinski definition) is 2. The lowest BCUT2D eigenvalue weighted by molar-refractivity contribution is -0.144. The average Bonchev–Trinajstić information content (AvgIpc) is 2.19. The molecule has 0 amide bonds. The van der Waals surface area contributed by atoms with Gasteiger partial charge in [0.25, 0.3) is 0 Å². The quantitative estimate of drug-likeness (QED) is 0.789. The summed E-state index contributed by atoms with van der Waals surface area (Å²) in [7, 11) is 0. The highest BCUT2D eigenvalue weighted by Gasteiger charge is 2.33. The van der Waals surface area contributed by atoms with Gasteiger partial charge in [-0.1, -0.05) is 30.3 Å². The van der Waals surface area contributed by atoms with Crippen LogP contribution >= 0.6 is 0 Å². The van der Waals surface area contributed by atoms with Crippen molar-refractivity contribution in [2.45, 2.75) is 13.3 Å². The molecule has 0 fully saturated rings. The maximum absolute atomic E-state index is 10.8. The summed E-state index contributed by atoms with van der Waals surface area (Å²) in [6.45, 7) is 1.43. The first-order valence-corrected chi connectivity index (χ1v) is 4.27. The Morgan fingerprint density at radius 1 is 1.50 bits per heavy atom. The van der Waals surface area contributed by atoms with E-state index in [1.165, 1.54) is 6.92 Å². The van der Waals surface area contributed by atoms with Crippen molar-refractivity contribution in [3.8, 4) is 6.07 Å². The molecule has 0 bridgehead atoms. The Kier molecular flexibility index (Phi) is 2.88. The number of rotatable bonds is 3. The van der Waals surface area contributed by atoms with Crippen molar-refractivity contribution in [3.05, 3.63) is 35.9 Å². The smallest absolute Gasteiger partial charge is 0.324 e. The second-order valence-electron chi connectivity index (χ2n) is 3.41. The summed E-state index contributed by atoms with van der Waals surface area (Å²) in [6.07, 6.45) is 0.236. The van der Waals surface area contributed by atoms with E-state index in [-0.39, 0.29) is 6.42 Å². The maximum Gasteiger partial charge on any atom is 0.324 e. The lowest BCUT2D eigenvalue weighted by Gasteiger charge is -2.15. The van der Waals surface area contributed by atoms with E-state index in [1.807, 2.05) is 36.4 Å². The number of benzene rings is 1. The number of carboxylic acids is 1. The molecule has 1 aromatic rings. The first kappa shape index (κ1) is 10.3. The van der Waals surface area contributed by atoms with Crippen LogP contribution in [0.2, 0.25) is 0 Å². The van der Waals surface area contributed by atoms with Gasteiger partial charge in [0.15, 0.2) is 5.41 Å². The van der Waals surface area contributed by atoms with Gasteiger partial charge >= 0.3 is 5.97 Å². The van der Waals surface area contributed by atoms with E-state index < -0.39 is 11.4 Å². The molecule has 72 valence electrons. The lowest BCUT2D eigenvalue weighted by atomic mass is 9.85. The molecule has 1 N–H and O–H groups in total. The predicted molar refractivity (Wildman–Crippen MR) is 51.5 cm³/mol. The fourth-order valence-corrected chi connectivity index (χ4v) is 1.17. The molecule has 0 aliphatic rings. The standard InChI is InChI=1S/C11H11NO2/c1-11(8-12,10(13)14)7-9-5-3-2-4-6-9/h2-6H,7H2,1H3,(H,13,14). The predicted octanol–water partition coefficient (Wildman–Crippen LogP) is 1.84. The van der Waals surface area contributed by atoms with Crippen molar-refractivity contribution in [2.24, 2.45) is 5.41 Å². The minimum absolute atomic E-state index is 0.236. The van der Waals surface area contributed by atoms with Crippen LogP contribution in [0.15, 0.2) is 30.3 Å². The Bertz CT molecular complexity index is 367. The minimum Gasteiger partial charge on any atom is -0.480 e. The third kappa shape index (κ3) is 2.11. The van der Waals surface area contributed by atoms with Crippen molar-refractivity contribution in [1.82, 2.24) is 0 Å². The summed E-state index contributed by atoms with van der Waals surface area (Å²) in [5.74, 6) is -1.08. The molecule has 3 nitrogen and oxygen atoms in total. The van der Waals surface area contributed by atoms with E-state index in [1.54, 1.807) is 0 Å². The lowest BCUT2D eigenvalue weighted by Crippen LogP contribution is -2.28. The molecule has 1 unspecified atom stereocenters. The van der Waals surface area contributed by atoms with E-state index in [2.05, 4.69) is 0 Å². The summed E-state index contributed by atoms with van der Waals surface area (Å²) in [4.78, 5) is 10.8. The van der Waals surface area contributed by atoms with Crippen LogP contribution in [0.25, 0.3) is 0 Å². The number of nitriles is 1. The molecule has 0 saturated carbocycles. The monoisotopic (exact) mass is 189 g/mol. The van der Waals surface area contributed by atoms with Crippen LogP contribution in [0.3, 0.4) is 0 Å². The van der Waals surface area contributed by atoms with Crippen LogP contribution < -0.4 is 0 Å². The molecular formula is C11H11NO2. The van der Waals surface area contributed by atoms with E-state index in [4.69, 9.17) is 10.4 Å². The summed E-state index contributed by atoms with van der Waals surface area (Å²) in [5, 5.41) is 17.7. The van der Waals surface area contributed by atoms with Crippen LogP contribution in [-0.4, -0.2) is 11.1 Å². The van der Waals surface area contributed by atoms with Crippen molar-refractivity contribution in [1.29, 1.82) is 5.26 Å². The van der Waals surface area contributed by atoms with Gasteiger partial charge in [0.1, 0.15) is 0 Å². The topological polar surface area (TPSA) is 61.1 Å². The second-order valence-corrected chi connectivity index (χ2v) is 3.41. The molecule has 0 spiro atoms. The van der Waals surface area contributed by atoms with Gasteiger partial charge in [0, 0.05) is 6.42 Å². The Morgan fingerprint density at radius 3 is 2.50 bits per heavy atom. The molecule has 0 aliphatic heterocycles. The Hall–Kier alpha value is -1.82. The van der Waals surface area contributed by atoms with Crippen LogP contribution in [0.1, 0.15) is 12.5 Å². The zero-order valence-corrected chi connectivity index (χ0v) is 7.90. The van der Waals surface area contributed by atoms with E-state index in [0.717, 1.165) is 5.56 Å². The van der Waals surface area contributed by atoms with Gasteiger partial charge in [-0.25, -0.2) is 0 Å². The summed E-state index contributed by atoms with van der Waals surface area (Å²) < 4.78 is 0. The van der Waals surface area contributed by atoms with Crippen LogP contribution in [-0.2, 0) is 11.2 Å². The fourth-order valence-electron chi connectivity index (χ4n) is 1.17. The highest BCUT2D eigenvalue weighted by Crippen LogP contribution is 2.21. The molecule has 14 heavy (non-hydrogen) atoms. The van der Waals surface area contributed by atoms with E-state index >= 15 is 0 Å². The first-order chi connectivity index (χ1) is 6.58. The van der Waals surface area contributed by atoms with Crippen molar-refractivity contribution >= 4 is 5.97 Å². The molecule has 3 heteroatoms. The third-order valence-corrected chi connectivity index (χ3v) is 2.12. The molecule has 0 heterocycles. The van der Waals surface area contributed by atoms with Gasteiger partial charge < -0.3 is 5.11 Å². The van der Waals surface area contributed by atoms with Crippen molar-refractivity contribution < 1.29 is 9.90 Å². The number of carboxylic acid groups (broad SMARTS) is 1. The molecule has 1 rings (SSSR count). The SMILES string of the molecule is CC(C#N)(Cc1ccccc1)C(=O)O. The van der Waals surface area contributed by atoms with Crippen molar-refractivity contribution in [3.63, 3.8) is 0 Å². The minimum atomic E-state index is -1.33. The zero-order valence-electron chi connectivity index (χ0n) is 7.90. The Morgan fingerprint density at radius 2 is 2.07 bits per heavy atom. The largest absolute Gasteiger partial charge is 0.480 e. The number of aliphatic carboxylic acids is 1. The molecule has 0 saturated heterocycles. The maximum atomic E-state index is 10.8. The first-order valence-electron chi connectivity index (χ1n) is 4.27. The third-order valence-electron chi connectivity index (χ3n) is 2.12. The average molecular weight is 189 g/mol. The summed E-state index contributed by atoms with van der Waals surface area (Å²) in [6, 6.07) is 11.0. The van der Waals surface area contributed by atoms with Crippen molar-refractivity contribution in [2.75, 3.05) is 0 Å². The second kappa shape index (κ2) is 3.93. The molecular weight excluding hydrogens is 178 g/mol. The normalized spacial score (nSPS) is 14.0. The number of carbonyl (C=O) groups is 1. The fraction of sp³-hybridized carbons (Fsp3) is 0.273. The molecule has 0 aliphatic carbocycles. The zero-order chi connectivity index (χ0) is 10.6. The van der Waals surface area contributed by atoms with E-state index in [9.17, 15) is 4.79 Å². The highest BCUT2D eigenvalue weighted by atomic mass is 16.4. The summed E-state index contributed by atoms with van der Waals surface area (Å²) >= 11 is 0. The van der Waals surface area contributed by atoms with Crippen LogP contribution in [0, 0.1) is 16.7 Å². The summed E-state index contributed by atoms with van der Waals surface area (Å²) in [5.41, 5.74) is -0.472. The van der Waals surface area contributed by atoms with Gasteiger partial charge in [0.2, 0.25) is 0 Å². The Balaban J connectivity index is 2.88. The van der Waals surface area contributed by atoms with Gasteiger partial charge in [-0.05, 0) is 12.5 Å². The van der Waals surface area contributed by atoms with Crippen LogP contribution in [0.4, 0.5) is 0 Å². The van der Waals surface area contributed by atoms with Gasteiger partial charge in [-0.15, -0.1) is 0 Å². The Labute approximate surface area is 82.6 Å². The molecule has 1 atom stereocenters. The molecule has 0 aromatic heterocycles. The number of nitrogens with zero attached hydrogens (tertiary/aromatic N) is 1. The van der Waals surface area contributed by atoms with E-state index in [0.29, 0.717) is 0 Å². The van der Waals surface area contributed by atoms with Gasteiger partial charge in [-0.2, -0.15) is 5.26 Å². The molecule has 0 radical (unpaired) electrons. The molecule has 1 aromatic carbocycles. The number of hydrogen-bond donors (Lipinski definition) is 1. The van der Waals surface area contributed by atoms with Crippen LogP contribution in [0.5, 0.6) is 0 Å². The highest BCUT2D eigenvalue weighted by molar-refractivity contribution is 5.77.